The first-order valence-electron chi connectivity index (χ1n) is 8.24. The van der Waals surface area contributed by atoms with Crippen LogP contribution in [-0.4, -0.2) is 45.4 Å². The lowest BCUT2D eigenvalue weighted by molar-refractivity contribution is -0.143. The summed E-state index contributed by atoms with van der Waals surface area (Å²) < 4.78 is 20.3. The zero-order valence-electron chi connectivity index (χ0n) is 15.6. The Hall–Kier alpha value is -3.23. The van der Waals surface area contributed by atoms with Crippen LogP contribution in [0.4, 0.5) is 4.79 Å². The van der Waals surface area contributed by atoms with E-state index in [2.05, 4.69) is 15.4 Å². The molecular formula is C18H22N2O7. The summed E-state index contributed by atoms with van der Waals surface area (Å²) in [6.45, 7) is 3.26. The van der Waals surface area contributed by atoms with Crippen LogP contribution in [0, 0.1) is 0 Å². The predicted molar refractivity (Wildman–Crippen MR) is 94.2 cm³/mol. The molecule has 1 aliphatic rings. The molecule has 2 N–H and O–H groups in total. The summed E-state index contributed by atoms with van der Waals surface area (Å²) >= 11 is 0. The number of allylic oxidation sites excluding steroid dienone is 1. The number of amides is 2. The maximum atomic E-state index is 12.4. The molecule has 0 aliphatic carbocycles. The first kappa shape index (κ1) is 20.1. The van der Waals surface area contributed by atoms with Gasteiger partial charge in [0.05, 0.1) is 32.4 Å². The number of benzene rings is 1. The average molecular weight is 378 g/mol. The van der Waals surface area contributed by atoms with Gasteiger partial charge in [0.1, 0.15) is 0 Å². The van der Waals surface area contributed by atoms with Crippen LogP contribution < -0.4 is 20.1 Å². The third-order valence-electron chi connectivity index (χ3n) is 3.86. The van der Waals surface area contributed by atoms with Crippen LogP contribution in [0.25, 0.3) is 0 Å². The molecule has 0 fully saturated rings. The van der Waals surface area contributed by atoms with Gasteiger partial charge in [-0.3, -0.25) is 0 Å². The van der Waals surface area contributed by atoms with E-state index < -0.39 is 24.0 Å². The minimum Gasteiger partial charge on any atom is -0.493 e. The van der Waals surface area contributed by atoms with Crippen molar-refractivity contribution in [1.82, 2.24) is 10.6 Å². The van der Waals surface area contributed by atoms with Crippen molar-refractivity contribution < 1.29 is 33.3 Å². The minimum absolute atomic E-state index is 0.208. The summed E-state index contributed by atoms with van der Waals surface area (Å²) in [4.78, 5) is 35.5. The second kappa shape index (κ2) is 8.93. The van der Waals surface area contributed by atoms with Gasteiger partial charge in [-0.1, -0.05) is 6.07 Å². The molecule has 1 atom stereocenters. The van der Waals surface area contributed by atoms with E-state index in [4.69, 9.17) is 14.2 Å². The fourth-order valence-electron chi connectivity index (χ4n) is 2.60. The molecular weight excluding hydrogens is 356 g/mol. The Labute approximate surface area is 156 Å². The summed E-state index contributed by atoms with van der Waals surface area (Å²) in [5, 5.41) is 5.27. The summed E-state index contributed by atoms with van der Waals surface area (Å²) in [6, 6.07) is 3.72. The molecule has 2 rings (SSSR count). The van der Waals surface area contributed by atoms with Crippen molar-refractivity contribution in [2.24, 2.45) is 0 Å². The highest BCUT2D eigenvalue weighted by Crippen LogP contribution is 2.34. The summed E-state index contributed by atoms with van der Waals surface area (Å²) in [6.07, 6.45) is 0. The highest BCUT2D eigenvalue weighted by Gasteiger charge is 2.32. The number of esters is 2. The van der Waals surface area contributed by atoms with Gasteiger partial charge in [-0.05, 0) is 31.5 Å². The number of hydrogen-bond acceptors (Lipinski definition) is 7. The number of ether oxygens (including phenoxy) is 4. The zero-order valence-corrected chi connectivity index (χ0v) is 15.6. The van der Waals surface area contributed by atoms with Gasteiger partial charge in [0.25, 0.3) is 0 Å². The lowest BCUT2D eigenvalue weighted by atomic mass is 9.95. The fourth-order valence-corrected chi connectivity index (χ4v) is 2.60. The number of methoxy groups -OCH3 is 2. The van der Waals surface area contributed by atoms with Gasteiger partial charge in [-0.15, -0.1) is 0 Å². The molecule has 0 spiro atoms. The molecule has 0 radical (unpaired) electrons. The molecule has 146 valence electrons. The summed E-state index contributed by atoms with van der Waals surface area (Å²) in [5.41, 5.74) is 1.29. The van der Waals surface area contributed by atoms with Crippen molar-refractivity contribution in [3.05, 3.63) is 35.0 Å². The SMILES string of the molecule is CCOC(=O)C1=C(C)NC(=O)N[C@H]1c1ccc(OCC(=O)OC)c(OC)c1. The van der Waals surface area contributed by atoms with E-state index in [-0.39, 0.29) is 13.2 Å². The van der Waals surface area contributed by atoms with E-state index in [9.17, 15) is 14.4 Å². The van der Waals surface area contributed by atoms with Gasteiger partial charge in [0, 0.05) is 5.70 Å². The van der Waals surface area contributed by atoms with Crippen LogP contribution >= 0.6 is 0 Å². The van der Waals surface area contributed by atoms with E-state index in [1.54, 1.807) is 32.0 Å². The van der Waals surface area contributed by atoms with E-state index in [1.807, 2.05) is 0 Å². The molecule has 2 amide bonds. The Morgan fingerprint density at radius 1 is 1.19 bits per heavy atom. The number of nitrogens with one attached hydrogen (secondary N) is 2. The van der Waals surface area contributed by atoms with Gasteiger partial charge < -0.3 is 29.6 Å². The minimum atomic E-state index is -0.721. The second-order valence-corrected chi connectivity index (χ2v) is 5.57. The van der Waals surface area contributed by atoms with Gasteiger partial charge in [0.2, 0.25) is 0 Å². The van der Waals surface area contributed by atoms with Crippen molar-refractivity contribution in [3.8, 4) is 11.5 Å². The lowest BCUT2D eigenvalue weighted by Gasteiger charge is -2.28. The van der Waals surface area contributed by atoms with Crippen LogP contribution in [0.5, 0.6) is 11.5 Å². The molecule has 0 saturated carbocycles. The third-order valence-corrected chi connectivity index (χ3v) is 3.86. The average Bonchev–Trinajstić information content (AvgIpc) is 2.65. The summed E-state index contributed by atoms with van der Waals surface area (Å²) in [5.74, 6) is -0.400. The molecule has 1 aliphatic heterocycles. The van der Waals surface area contributed by atoms with E-state index in [0.29, 0.717) is 28.3 Å². The molecule has 0 bridgehead atoms. The maximum absolute atomic E-state index is 12.4. The van der Waals surface area contributed by atoms with Crippen molar-refractivity contribution in [3.63, 3.8) is 0 Å². The van der Waals surface area contributed by atoms with Gasteiger partial charge >= 0.3 is 18.0 Å². The predicted octanol–water partition coefficient (Wildman–Crippen LogP) is 1.44. The Bertz CT molecular complexity index is 773. The monoisotopic (exact) mass is 378 g/mol. The highest BCUT2D eigenvalue weighted by atomic mass is 16.6. The Morgan fingerprint density at radius 2 is 1.93 bits per heavy atom. The number of carbonyl (C=O) groups excluding carboxylic acids is 3. The fraction of sp³-hybridized carbons (Fsp3) is 0.389. The van der Waals surface area contributed by atoms with Crippen LogP contribution in [0.2, 0.25) is 0 Å². The quantitative estimate of drug-likeness (QED) is 0.690. The third kappa shape index (κ3) is 4.69. The Morgan fingerprint density at radius 3 is 2.56 bits per heavy atom. The van der Waals surface area contributed by atoms with Crippen LogP contribution in [0.1, 0.15) is 25.5 Å². The molecule has 9 heteroatoms. The van der Waals surface area contributed by atoms with Gasteiger partial charge in [0.15, 0.2) is 18.1 Å². The van der Waals surface area contributed by atoms with E-state index in [1.165, 1.54) is 14.2 Å². The molecule has 9 nitrogen and oxygen atoms in total. The van der Waals surface area contributed by atoms with Crippen LogP contribution in [0.15, 0.2) is 29.5 Å². The maximum Gasteiger partial charge on any atom is 0.343 e. The van der Waals surface area contributed by atoms with Crippen molar-refractivity contribution in [2.75, 3.05) is 27.4 Å². The van der Waals surface area contributed by atoms with Crippen LogP contribution in [0.3, 0.4) is 0 Å². The smallest absolute Gasteiger partial charge is 0.343 e. The number of urea groups is 1. The molecule has 0 saturated heterocycles. The molecule has 0 aromatic heterocycles. The van der Waals surface area contributed by atoms with Gasteiger partial charge in [-0.2, -0.15) is 0 Å². The molecule has 1 aromatic carbocycles. The second-order valence-electron chi connectivity index (χ2n) is 5.57. The van der Waals surface area contributed by atoms with Gasteiger partial charge in [-0.25, -0.2) is 14.4 Å². The Kier molecular flexibility index (Phi) is 6.64. The number of carbonyl (C=O) groups is 3. The topological polar surface area (TPSA) is 112 Å². The number of rotatable bonds is 7. The Balaban J connectivity index is 2.36. The lowest BCUT2D eigenvalue weighted by Crippen LogP contribution is -2.45. The first-order chi connectivity index (χ1) is 12.9. The molecule has 0 unspecified atom stereocenters. The van der Waals surface area contributed by atoms with Crippen molar-refractivity contribution >= 4 is 18.0 Å². The van der Waals surface area contributed by atoms with E-state index in [0.717, 1.165) is 0 Å². The normalized spacial score (nSPS) is 16.1. The molecule has 27 heavy (non-hydrogen) atoms. The zero-order chi connectivity index (χ0) is 20.0. The molecule has 1 heterocycles. The van der Waals surface area contributed by atoms with Crippen molar-refractivity contribution in [1.29, 1.82) is 0 Å². The number of hydrogen-bond donors (Lipinski definition) is 2. The van der Waals surface area contributed by atoms with Crippen molar-refractivity contribution in [2.45, 2.75) is 19.9 Å². The van der Waals surface area contributed by atoms with Crippen LogP contribution in [-0.2, 0) is 19.1 Å². The largest absolute Gasteiger partial charge is 0.493 e. The summed E-state index contributed by atoms with van der Waals surface area (Å²) in [7, 11) is 2.70. The highest BCUT2D eigenvalue weighted by molar-refractivity contribution is 5.95. The molecule has 1 aromatic rings. The first-order valence-corrected chi connectivity index (χ1v) is 8.24. The standard InChI is InChI=1S/C18H22N2O7/c1-5-26-17(22)15-10(2)19-18(23)20-16(15)11-6-7-12(13(8-11)24-3)27-9-14(21)25-4/h6-8,16H,5,9H2,1-4H3,(H2,19,20,23)/t16-/m0/s1. The van der Waals surface area contributed by atoms with E-state index >= 15 is 0 Å².